The number of thioether (sulfide) groups is 1. The van der Waals surface area contributed by atoms with Gasteiger partial charge in [0.05, 0.1) is 11.9 Å². The maximum absolute atomic E-state index is 13.5. The summed E-state index contributed by atoms with van der Waals surface area (Å²) in [6.07, 6.45) is 8.85. The molecule has 6 heteroatoms. The molecule has 192 valence electrons. The molecule has 4 rings (SSSR count). The molecule has 4 saturated carbocycles. The maximum Gasteiger partial charge on any atom is 0.316 e. The molecule has 0 aromatic heterocycles. The van der Waals surface area contributed by atoms with E-state index in [0.717, 1.165) is 44.9 Å². The van der Waals surface area contributed by atoms with Gasteiger partial charge in [0.15, 0.2) is 0 Å². The molecule has 2 bridgehead atoms. The summed E-state index contributed by atoms with van der Waals surface area (Å²) in [7, 11) is 0. The average molecular weight is 492 g/mol. The van der Waals surface area contributed by atoms with Crippen molar-refractivity contribution >= 4 is 23.5 Å². The number of nitrogens with two attached hydrogens (primary N) is 1. The molecule has 10 atom stereocenters. The van der Waals surface area contributed by atoms with Crippen molar-refractivity contribution < 1.29 is 19.4 Å². The van der Waals surface area contributed by atoms with Crippen molar-refractivity contribution in [3.05, 3.63) is 12.7 Å². The van der Waals surface area contributed by atoms with Crippen molar-refractivity contribution in [1.82, 2.24) is 0 Å². The number of aliphatic hydroxyl groups is 1. The highest BCUT2D eigenvalue weighted by atomic mass is 32.2. The minimum atomic E-state index is -0.629. The summed E-state index contributed by atoms with van der Waals surface area (Å²) in [6.45, 7) is 12.7. The van der Waals surface area contributed by atoms with Gasteiger partial charge >= 0.3 is 5.97 Å². The van der Waals surface area contributed by atoms with Crippen LogP contribution >= 0.6 is 11.8 Å². The zero-order chi connectivity index (χ0) is 24.9. The molecule has 0 saturated heterocycles. The van der Waals surface area contributed by atoms with Crippen LogP contribution in [0.2, 0.25) is 0 Å². The SMILES string of the molecule is C=C[C@]1(C)C[C@@H](OC(=O)CS[C@@H]2CCC[C@H](N)C2)[C@]2(C)C(C)CCC3(CCC(=O)C32)[C@@H](C)C1O. The van der Waals surface area contributed by atoms with E-state index in [4.69, 9.17) is 10.5 Å². The van der Waals surface area contributed by atoms with Crippen molar-refractivity contribution in [3.63, 3.8) is 0 Å². The lowest BCUT2D eigenvalue weighted by Gasteiger charge is -2.61. The molecule has 0 aromatic rings. The molecule has 0 amide bonds. The lowest BCUT2D eigenvalue weighted by atomic mass is 9.44. The lowest BCUT2D eigenvalue weighted by molar-refractivity contribution is -0.205. The Balaban J connectivity index is 1.63. The number of Topliss-reactive ketones (excluding diaryl/α,β-unsaturated/α-hetero) is 1. The highest BCUT2D eigenvalue weighted by Gasteiger charge is 2.68. The summed E-state index contributed by atoms with van der Waals surface area (Å²) in [5, 5.41) is 12.0. The van der Waals surface area contributed by atoms with E-state index in [1.54, 1.807) is 11.8 Å². The van der Waals surface area contributed by atoms with Crippen molar-refractivity contribution in [1.29, 1.82) is 0 Å². The van der Waals surface area contributed by atoms with Crippen LogP contribution in [0.5, 0.6) is 0 Å². The lowest BCUT2D eigenvalue weighted by Crippen LogP contribution is -2.63. The highest BCUT2D eigenvalue weighted by Crippen LogP contribution is 2.68. The van der Waals surface area contributed by atoms with E-state index in [2.05, 4.69) is 27.4 Å². The van der Waals surface area contributed by atoms with Crippen LogP contribution in [0.3, 0.4) is 0 Å². The molecule has 4 aliphatic carbocycles. The summed E-state index contributed by atoms with van der Waals surface area (Å²) < 4.78 is 6.34. The quantitative estimate of drug-likeness (QED) is 0.420. The van der Waals surface area contributed by atoms with Gasteiger partial charge in [0.25, 0.3) is 0 Å². The zero-order valence-electron chi connectivity index (χ0n) is 21.6. The third-order valence-electron chi connectivity index (χ3n) is 10.7. The molecule has 0 aliphatic heterocycles. The third-order valence-corrected chi connectivity index (χ3v) is 12.0. The summed E-state index contributed by atoms with van der Waals surface area (Å²) in [6, 6.07) is 0.230. The van der Waals surface area contributed by atoms with E-state index < -0.39 is 23.0 Å². The monoisotopic (exact) mass is 491 g/mol. The molecule has 4 aliphatic rings. The molecule has 3 N–H and O–H groups in total. The Kier molecular flexibility index (Phi) is 7.37. The van der Waals surface area contributed by atoms with E-state index in [-0.39, 0.29) is 35.2 Å². The third kappa shape index (κ3) is 4.20. The standard InChI is InChI=1S/C28H45NO4S/c1-6-26(4)15-22(33-23(31)16-34-20-9-7-8-19(29)14-20)27(5)17(2)10-12-28(18(3)25(26)32)13-11-21(30)24(27)28/h6,17-20,22,24-25,32H,1,7-16,29H2,2-5H3/t17?,18-,19-,20+,22+,24?,25?,26+,27-,28?/m0/s1. The highest BCUT2D eigenvalue weighted by molar-refractivity contribution is 8.00. The Bertz CT molecular complexity index is 818. The maximum atomic E-state index is 13.5. The normalized spacial score (nSPS) is 49.0. The Morgan fingerprint density at radius 1 is 1.26 bits per heavy atom. The van der Waals surface area contributed by atoms with Gasteiger partial charge in [-0.3, -0.25) is 9.59 Å². The van der Waals surface area contributed by atoms with Crippen LogP contribution in [0.15, 0.2) is 12.7 Å². The molecular formula is C28H45NO4S. The fraction of sp³-hybridized carbons (Fsp3) is 0.857. The predicted molar refractivity (Wildman–Crippen MR) is 137 cm³/mol. The van der Waals surface area contributed by atoms with Gasteiger partial charge in [0.2, 0.25) is 0 Å². The Morgan fingerprint density at radius 2 is 2.00 bits per heavy atom. The van der Waals surface area contributed by atoms with Gasteiger partial charge in [-0.1, -0.05) is 40.2 Å². The van der Waals surface area contributed by atoms with Crippen LogP contribution in [-0.4, -0.2) is 46.1 Å². The number of rotatable bonds is 5. The number of ether oxygens (including phenoxy) is 1. The topological polar surface area (TPSA) is 89.6 Å². The van der Waals surface area contributed by atoms with Crippen LogP contribution in [0.4, 0.5) is 0 Å². The zero-order valence-corrected chi connectivity index (χ0v) is 22.4. The summed E-state index contributed by atoms with van der Waals surface area (Å²) >= 11 is 1.66. The number of carbonyl (C=O) groups excluding carboxylic acids is 2. The average Bonchev–Trinajstić information content (AvgIpc) is 3.16. The van der Waals surface area contributed by atoms with E-state index in [1.165, 1.54) is 0 Å². The number of aliphatic hydroxyl groups excluding tert-OH is 1. The number of carbonyl (C=O) groups is 2. The second kappa shape index (κ2) is 9.55. The van der Waals surface area contributed by atoms with Crippen LogP contribution < -0.4 is 5.73 Å². The van der Waals surface area contributed by atoms with Gasteiger partial charge in [0.1, 0.15) is 11.9 Å². The molecule has 0 heterocycles. The number of hydrogen-bond donors (Lipinski definition) is 2. The van der Waals surface area contributed by atoms with Gasteiger partial charge in [-0.25, -0.2) is 0 Å². The van der Waals surface area contributed by atoms with E-state index in [0.29, 0.717) is 29.6 Å². The Labute approximate surface area is 210 Å². The molecule has 5 nitrogen and oxygen atoms in total. The molecule has 0 radical (unpaired) electrons. The van der Waals surface area contributed by atoms with E-state index in [1.807, 2.05) is 13.0 Å². The number of hydrogen-bond acceptors (Lipinski definition) is 6. The fourth-order valence-electron chi connectivity index (χ4n) is 8.21. The second-order valence-electron chi connectivity index (χ2n) is 12.4. The Morgan fingerprint density at radius 3 is 2.68 bits per heavy atom. The van der Waals surface area contributed by atoms with Crippen LogP contribution in [0.25, 0.3) is 0 Å². The van der Waals surface area contributed by atoms with Crippen molar-refractivity contribution in [2.24, 2.45) is 39.7 Å². The van der Waals surface area contributed by atoms with Gasteiger partial charge in [-0.15, -0.1) is 18.3 Å². The first-order chi connectivity index (χ1) is 16.0. The van der Waals surface area contributed by atoms with Crippen LogP contribution in [0, 0.1) is 34.0 Å². The first kappa shape index (κ1) is 26.2. The van der Waals surface area contributed by atoms with Crippen LogP contribution in [-0.2, 0) is 14.3 Å². The van der Waals surface area contributed by atoms with Crippen molar-refractivity contribution in [2.45, 2.75) is 109 Å². The van der Waals surface area contributed by atoms with Gasteiger partial charge in [0, 0.05) is 34.5 Å². The summed E-state index contributed by atoms with van der Waals surface area (Å²) in [5.41, 5.74) is 4.87. The molecule has 4 fully saturated rings. The fourth-order valence-corrected chi connectivity index (χ4v) is 9.37. The first-order valence-electron chi connectivity index (χ1n) is 13.4. The molecule has 34 heavy (non-hydrogen) atoms. The smallest absolute Gasteiger partial charge is 0.316 e. The number of esters is 1. The Hall–Kier alpha value is -0.850. The van der Waals surface area contributed by atoms with Gasteiger partial charge in [-0.05, 0) is 62.2 Å². The minimum Gasteiger partial charge on any atom is -0.461 e. The summed E-state index contributed by atoms with van der Waals surface area (Å²) in [4.78, 5) is 26.7. The second-order valence-corrected chi connectivity index (χ2v) is 13.7. The molecule has 0 spiro atoms. The van der Waals surface area contributed by atoms with Crippen molar-refractivity contribution in [3.8, 4) is 0 Å². The largest absolute Gasteiger partial charge is 0.461 e. The molecule has 4 unspecified atom stereocenters. The van der Waals surface area contributed by atoms with E-state index >= 15 is 0 Å². The molecule has 0 aromatic carbocycles. The van der Waals surface area contributed by atoms with Gasteiger partial charge < -0.3 is 15.6 Å². The first-order valence-corrected chi connectivity index (χ1v) is 14.4. The van der Waals surface area contributed by atoms with Crippen molar-refractivity contribution in [2.75, 3.05) is 5.75 Å². The van der Waals surface area contributed by atoms with Gasteiger partial charge in [-0.2, -0.15) is 0 Å². The van der Waals surface area contributed by atoms with Crippen LogP contribution in [0.1, 0.15) is 85.5 Å². The predicted octanol–water partition coefficient (Wildman–Crippen LogP) is 4.90. The minimum absolute atomic E-state index is 0.0125. The number of ketones is 1. The van der Waals surface area contributed by atoms with E-state index in [9.17, 15) is 14.7 Å². The molecular weight excluding hydrogens is 446 g/mol. The summed E-state index contributed by atoms with van der Waals surface area (Å²) in [5.74, 6) is 0.462.